The van der Waals surface area contributed by atoms with E-state index in [1.807, 2.05) is 18.2 Å². The molecule has 21 heavy (non-hydrogen) atoms. The van der Waals surface area contributed by atoms with E-state index in [4.69, 9.17) is 11.6 Å². The van der Waals surface area contributed by atoms with Crippen LogP contribution in [-0.4, -0.2) is 18.5 Å². The molecule has 0 N–H and O–H groups in total. The number of rotatable bonds is 6. The third kappa shape index (κ3) is 4.73. The molecular weight excluding hydrogens is 278 g/mol. The SMILES string of the molecule is CCC(c1ccc(Cl)cc1)N(C)CC=Cc1ccccc1. The van der Waals surface area contributed by atoms with Crippen molar-refractivity contribution in [1.29, 1.82) is 0 Å². The molecule has 0 heterocycles. The Morgan fingerprint density at radius 3 is 2.33 bits per heavy atom. The smallest absolute Gasteiger partial charge is 0.0406 e. The van der Waals surface area contributed by atoms with Crippen molar-refractivity contribution in [3.8, 4) is 0 Å². The van der Waals surface area contributed by atoms with Gasteiger partial charge in [-0.25, -0.2) is 0 Å². The van der Waals surface area contributed by atoms with Crippen molar-refractivity contribution in [2.45, 2.75) is 19.4 Å². The van der Waals surface area contributed by atoms with Gasteiger partial charge in [0.1, 0.15) is 0 Å². The van der Waals surface area contributed by atoms with Gasteiger partial charge in [0.15, 0.2) is 0 Å². The average molecular weight is 300 g/mol. The van der Waals surface area contributed by atoms with Crippen LogP contribution < -0.4 is 0 Å². The first-order valence-corrected chi connectivity index (χ1v) is 7.75. The van der Waals surface area contributed by atoms with Gasteiger partial charge in [0, 0.05) is 17.6 Å². The number of hydrogen-bond acceptors (Lipinski definition) is 1. The predicted molar refractivity (Wildman–Crippen MR) is 92.6 cm³/mol. The highest BCUT2D eigenvalue weighted by Crippen LogP contribution is 2.24. The summed E-state index contributed by atoms with van der Waals surface area (Å²) in [5.41, 5.74) is 2.56. The van der Waals surface area contributed by atoms with Gasteiger partial charge in [0.05, 0.1) is 0 Å². The zero-order chi connectivity index (χ0) is 15.1. The third-order valence-corrected chi connectivity index (χ3v) is 3.93. The molecule has 0 spiro atoms. The Balaban J connectivity index is 1.98. The maximum absolute atomic E-state index is 5.97. The standard InChI is InChI=1S/C19H22ClN/c1-3-19(17-11-13-18(20)14-12-17)21(2)15-7-10-16-8-5-4-6-9-16/h4-14,19H,3,15H2,1-2H3. The number of likely N-dealkylation sites (N-methyl/N-ethyl adjacent to an activating group) is 1. The molecule has 2 rings (SSSR count). The molecule has 1 unspecified atom stereocenters. The van der Waals surface area contributed by atoms with E-state index in [9.17, 15) is 0 Å². The highest BCUT2D eigenvalue weighted by atomic mass is 35.5. The lowest BCUT2D eigenvalue weighted by Crippen LogP contribution is -2.24. The third-order valence-electron chi connectivity index (χ3n) is 3.68. The average Bonchev–Trinajstić information content (AvgIpc) is 2.51. The normalized spacial score (nSPS) is 13.0. The molecule has 0 bridgehead atoms. The lowest BCUT2D eigenvalue weighted by atomic mass is 10.0. The van der Waals surface area contributed by atoms with Crippen LogP contribution in [0.15, 0.2) is 60.7 Å². The van der Waals surface area contributed by atoms with Crippen LogP contribution in [0.4, 0.5) is 0 Å². The van der Waals surface area contributed by atoms with Gasteiger partial charge in [-0.15, -0.1) is 0 Å². The first-order chi connectivity index (χ1) is 10.2. The number of hydrogen-bond donors (Lipinski definition) is 0. The Morgan fingerprint density at radius 1 is 1.05 bits per heavy atom. The second kappa shape index (κ2) is 8.02. The zero-order valence-corrected chi connectivity index (χ0v) is 13.4. The van der Waals surface area contributed by atoms with Crippen molar-refractivity contribution in [1.82, 2.24) is 4.90 Å². The molecule has 2 aromatic carbocycles. The summed E-state index contributed by atoms with van der Waals surface area (Å²) in [5.74, 6) is 0. The largest absolute Gasteiger partial charge is 0.296 e. The molecule has 0 saturated carbocycles. The zero-order valence-electron chi connectivity index (χ0n) is 12.7. The first-order valence-electron chi connectivity index (χ1n) is 7.38. The van der Waals surface area contributed by atoms with E-state index in [-0.39, 0.29) is 0 Å². The van der Waals surface area contributed by atoms with Gasteiger partial charge in [-0.2, -0.15) is 0 Å². The summed E-state index contributed by atoms with van der Waals surface area (Å²) in [6, 6.07) is 19.0. The van der Waals surface area contributed by atoms with Crippen molar-refractivity contribution in [2.24, 2.45) is 0 Å². The minimum atomic E-state index is 0.419. The van der Waals surface area contributed by atoms with E-state index in [1.165, 1.54) is 11.1 Å². The molecule has 0 aromatic heterocycles. The summed E-state index contributed by atoms with van der Waals surface area (Å²) in [7, 11) is 2.16. The minimum Gasteiger partial charge on any atom is -0.296 e. The molecule has 0 aliphatic carbocycles. The predicted octanol–water partition coefficient (Wildman–Crippen LogP) is 5.44. The Hall–Kier alpha value is -1.57. The molecule has 110 valence electrons. The number of halogens is 1. The van der Waals surface area contributed by atoms with Crippen LogP contribution in [0.25, 0.3) is 6.08 Å². The molecule has 1 atom stereocenters. The van der Waals surface area contributed by atoms with Crippen LogP contribution in [0.5, 0.6) is 0 Å². The Bertz CT molecular complexity index is 560. The highest BCUT2D eigenvalue weighted by molar-refractivity contribution is 6.30. The van der Waals surface area contributed by atoms with Gasteiger partial charge >= 0.3 is 0 Å². The minimum absolute atomic E-state index is 0.419. The van der Waals surface area contributed by atoms with E-state index >= 15 is 0 Å². The Labute approximate surface area is 132 Å². The van der Waals surface area contributed by atoms with Crippen molar-refractivity contribution < 1.29 is 0 Å². The van der Waals surface area contributed by atoms with Gasteiger partial charge in [-0.3, -0.25) is 4.90 Å². The number of benzene rings is 2. The maximum atomic E-state index is 5.97. The van der Waals surface area contributed by atoms with Crippen LogP contribution in [-0.2, 0) is 0 Å². The highest BCUT2D eigenvalue weighted by Gasteiger charge is 2.13. The second-order valence-corrected chi connectivity index (χ2v) is 5.66. The summed E-state index contributed by atoms with van der Waals surface area (Å²) in [4.78, 5) is 2.36. The quantitative estimate of drug-likeness (QED) is 0.687. The summed E-state index contributed by atoms with van der Waals surface area (Å²) < 4.78 is 0. The van der Waals surface area contributed by atoms with Crippen LogP contribution in [0.2, 0.25) is 5.02 Å². The van der Waals surface area contributed by atoms with Gasteiger partial charge in [0.25, 0.3) is 0 Å². The van der Waals surface area contributed by atoms with Crippen molar-refractivity contribution in [3.05, 3.63) is 76.8 Å². The molecular formula is C19H22ClN. The molecule has 0 radical (unpaired) electrons. The number of nitrogens with zero attached hydrogens (tertiary/aromatic N) is 1. The van der Waals surface area contributed by atoms with E-state index in [1.54, 1.807) is 0 Å². The molecule has 0 fully saturated rings. The summed E-state index contributed by atoms with van der Waals surface area (Å²) in [6.45, 7) is 3.15. The van der Waals surface area contributed by atoms with Gasteiger partial charge in [-0.05, 0) is 36.7 Å². The van der Waals surface area contributed by atoms with E-state index < -0.39 is 0 Å². The van der Waals surface area contributed by atoms with Crippen LogP contribution >= 0.6 is 11.6 Å². The fraction of sp³-hybridized carbons (Fsp3) is 0.263. The van der Waals surface area contributed by atoms with Crippen LogP contribution in [0.1, 0.15) is 30.5 Å². The van der Waals surface area contributed by atoms with Gasteiger partial charge < -0.3 is 0 Å². The molecule has 0 amide bonds. The molecule has 0 saturated heterocycles. The maximum Gasteiger partial charge on any atom is 0.0406 e. The fourth-order valence-electron chi connectivity index (χ4n) is 2.53. The molecule has 0 aliphatic rings. The molecule has 1 nitrogen and oxygen atoms in total. The molecule has 2 heteroatoms. The lowest BCUT2D eigenvalue weighted by Gasteiger charge is -2.26. The van der Waals surface area contributed by atoms with Crippen molar-refractivity contribution in [2.75, 3.05) is 13.6 Å². The topological polar surface area (TPSA) is 3.24 Å². The Kier molecular flexibility index (Phi) is 6.04. The van der Waals surface area contributed by atoms with E-state index in [2.05, 4.69) is 67.4 Å². The van der Waals surface area contributed by atoms with Crippen LogP contribution in [0, 0.1) is 0 Å². The van der Waals surface area contributed by atoms with Crippen LogP contribution in [0.3, 0.4) is 0 Å². The Morgan fingerprint density at radius 2 is 1.71 bits per heavy atom. The fourth-order valence-corrected chi connectivity index (χ4v) is 2.66. The second-order valence-electron chi connectivity index (χ2n) is 5.23. The van der Waals surface area contributed by atoms with Gasteiger partial charge in [-0.1, -0.05) is 73.1 Å². The summed E-state index contributed by atoms with van der Waals surface area (Å²) >= 11 is 5.97. The summed E-state index contributed by atoms with van der Waals surface area (Å²) in [5, 5.41) is 0.792. The monoisotopic (exact) mass is 299 g/mol. The van der Waals surface area contributed by atoms with Gasteiger partial charge in [0.2, 0.25) is 0 Å². The van der Waals surface area contributed by atoms with Crippen molar-refractivity contribution >= 4 is 17.7 Å². The molecule has 0 aliphatic heterocycles. The lowest BCUT2D eigenvalue weighted by molar-refractivity contribution is 0.264. The first kappa shape index (κ1) is 15.8. The summed E-state index contributed by atoms with van der Waals surface area (Å²) in [6.07, 6.45) is 5.47. The van der Waals surface area contributed by atoms with Crippen molar-refractivity contribution in [3.63, 3.8) is 0 Å². The van der Waals surface area contributed by atoms with E-state index in [0.29, 0.717) is 6.04 Å². The molecule has 2 aromatic rings. The van der Waals surface area contributed by atoms with E-state index in [0.717, 1.165) is 18.0 Å².